The quantitative estimate of drug-likeness (QED) is 0.808. The van der Waals surface area contributed by atoms with E-state index in [2.05, 4.69) is 15.0 Å². The molecule has 1 fully saturated rings. The predicted octanol–water partition coefficient (Wildman–Crippen LogP) is 2.01. The Morgan fingerprint density at radius 3 is 2.71 bits per heavy atom. The van der Waals surface area contributed by atoms with Crippen LogP contribution in [0.3, 0.4) is 0 Å². The highest BCUT2D eigenvalue weighted by Crippen LogP contribution is 2.29. The summed E-state index contributed by atoms with van der Waals surface area (Å²) in [4.78, 5) is 2.33. The topological polar surface area (TPSA) is 44.7 Å². The summed E-state index contributed by atoms with van der Waals surface area (Å²) < 4.78 is 29.2. The van der Waals surface area contributed by atoms with Crippen LogP contribution in [0.25, 0.3) is 0 Å². The second-order valence-corrected chi connectivity index (χ2v) is 5.12. The summed E-state index contributed by atoms with van der Waals surface area (Å²) in [5, 5.41) is 12.4. The van der Waals surface area contributed by atoms with Crippen molar-refractivity contribution in [2.24, 2.45) is 0 Å². The van der Waals surface area contributed by atoms with Gasteiger partial charge in [-0.05, 0) is 30.5 Å². The SMILES string of the molecule is OCCC[C@H](c1cccc(OC(F)F)c1)N1CCNCC1. The molecule has 0 aliphatic carbocycles. The fourth-order valence-corrected chi connectivity index (χ4v) is 2.74. The molecule has 1 aromatic carbocycles. The molecular formula is C15H22F2N2O2. The van der Waals surface area contributed by atoms with Crippen LogP contribution in [0.1, 0.15) is 24.4 Å². The van der Waals surface area contributed by atoms with E-state index < -0.39 is 6.61 Å². The van der Waals surface area contributed by atoms with Crippen molar-refractivity contribution >= 4 is 0 Å². The second-order valence-electron chi connectivity index (χ2n) is 5.12. The highest BCUT2D eigenvalue weighted by atomic mass is 19.3. The molecule has 1 aromatic rings. The van der Waals surface area contributed by atoms with E-state index in [1.165, 1.54) is 6.07 Å². The zero-order valence-electron chi connectivity index (χ0n) is 12.0. The fourth-order valence-electron chi connectivity index (χ4n) is 2.74. The Labute approximate surface area is 123 Å². The minimum absolute atomic E-state index is 0.125. The van der Waals surface area contributed by atoms with Gasteiger partial charge in [-0.15, -0.1) is 0 Å². The van der Waals surface area contributed by atoms with Gasteiger partial charge in [0.25, 0.3) is 0 Å². The number of nitrogens with one attached hydrogen (secondary N) is 1. The molecule has 1 atom stereocenters. The zero-order chi connectivity index (χ0) is 15.1. The van der Waals surface area contributed by atoms with E-state index in [-0.39, 0.29) is 18.4 Å². The monoisotopic (exact) mass is 300 g/mol. The van der Waals surface area contributed by atoms with Crippen LogP contribution < -0.4 is 10.1 Å². The molecule has 1 heterocycles. The van der Waals surface area contributed by atoms with Crippen LogP contribution in [0.4, 0.5) is 8.78 Å². The molecule has 0 spiro atoms. The van der Waals surface area contributed by atoms with Crippen LogP contribution in [-0.2, 0) is 0 Å². The van der Waals surface area contributed by atoms with Gasteiger partial charge in [-0.1, -0.05) is 12.1 Å². The maximum Gasteiger partial charge on any atom is 0.387 e. The van der Waals surface area contributed by atoms with Crippen molar-refractivity contribution in [1.29, 1.82) is 0 Å². The van der Waals surface area contributed by atoms with Crippen LogP contribution >= 0.6 is 0 Å². The van der Waals surface area contributed by atoms with Crippen LogP contribution in [0.15, 0.2) is 24.3 Å². The second kappa shape index (κ2) is 8.26. The summed E-state index contributed by atoms with van der Waals surface area (Å²) in [5.74, 6) is 0.187. The Bertz CT molecular complexity index is 426. The first-order chi connectivity index (χ1) is 10.2. The minimum atomic E-state index is -2.81. The van der Waals surface area contributed by atoms with Crippen LogP contribution in [0.5, 0.6) is 5.75 Å². The molecule has 0 radical (unpaired) electrons. The van der Waals surface area contributed by atoms with E-state index in [1.54, 1.807) is 12.1 Å². The predicted molar refractivity (Wildman–Crippen MR) is 76.6 cm³/mol. The van der Waals surface area contributed by atoms with Crippen molar-refractivity contribution in [3.8, 4) is 5.75 Å². The first-order valence-corrected chi connectivity index (χ1v) is 7.31. The van der Waals surface area contributed by atoms with Crippen molar-refractivity contribution < 1.29 is 18.6 Å². The van der Waals surface area contributed by atoms with E-state index in [0.717, 1.165) is 38.2 Å². The standard InChI is InChI=1S/C15H22F2N2O2/c16-15(17)21-13-4-1-3-12(11-13)14(5-2-10-20)19-8-6-18-7-9-19/h1,3-4,11,14-15,18,20H,2,5-10H2/t14-/m1/s1. The molecule has 1 aliphatic rings. The van der Waals surface area contributed by atoms with E-state index in [9.17, 15) is 8.78 Å². The third-order valence-corrected chi connectivity index (χ3v) is 3.70. The average Bonchev–Trinajstić information content (AvgIpc) is 2.48. The van der Waals surface area contributed by atoms with Gasteiger partial charge in [-0.25, -0.2) is 0 Å². The van der Waals surface area contributed by atoms with E-state index in [4.69, 9.17) is 5.11 Å². The lowest BCUT2D eigenvalue weighted by atomic mass is 9.99. The first-order valence-electron chi connectivity index (χ1n) is 7.31. The molecule has 118 valence electrons. The van der Waals surface area contributed by atoms with Crippen LogP contribution in [0.2, 0.25) is 0 Å². The highest BCUT2D eigenvalue weighted by molar-refractivity contribution is 5.30. The van der Waals surface area contributed by atoms with Gasteiger partial charge in [-0.3, -0.25) is 4.90 Å². The Morgan fingerprint density at radius 2 is 2.05 bits per heavy atom. The minimum Gasteiger partial charge on any atom is -0.435 e. The normalized spacial score (nSPS) is 17.9. The number of piperazine rings is 1. The Morgan fingerprint density at radius 1 is 1.29 bits per heavy atom. The van der Waals surface area contributed by atoms with Gasteiger partial charge >= 0.3 is 6.61 Å². The molecule has 21 heavy (non-hydrogen) atoms. The smallest absolute Gasteiger partial charge is 0.387 e. The molecule has 1 aliphatic heterocycles. The van der Waals surface area contributed by atoms with Crippen molar-refractivity contribution in [2.75, 3.05) is 32.8 Å². The molecule has 0 amide bonds. The number of hydrogen-bond acceptors (Lipinski definition) is 4. The van der Waals surface area contributed by atoms with Gasteiger partial charge in [0.05, 0.1) is 0 Å². The van der Waals surface area contributed by atoms with Crippen molar-refractivity contribution in [2.45, 2.75) is 25.5 Å². The number of halogens is 2. The molecule has 1 saturated heterocycles. The van der Waals surface area contributed by atoms with Crippen molar-refractivity contribution in [3.05, 3.63) is 29.8 Å². The van der Waals surface area contributed by atoms with Crippen LogP contribution in [0, 0.1) is 0 Å². The maximum atomic E-state index is 12.3. The molecule has 6 heteroatoms. The molecule has 0 aromatic heterocycles. The van der Waals surface area contributed by atoms with Gasteiger partial charge < -0.3 is 15.2 Å². The summed E-state index contributed by atoms with van der Waals surface area (Å²) >= 11 is 0. The first kappa shape index (κ1) is 16.1. The van der Waals surface area contributed by atoms with Gasteiger partial charge in [0.2, 0.25) is 0 Å². The lowest BCUT2D eigenvalue weighted by Gasteiger charge is -2.35. The summed E-state index contributed by atoms with van der Waals surface area (Å²) in [5.41, 5.74) is 0.962. The maximum absolute atomic E-state index is 12.3. The largest absolute Gasteiger partial charge is 0.435 e. The molecule has 0 unspecified atom stereocenters. The van der Waals surface area contributed by atoms with E-state index in [0.29, 0.717) is 6.42 Å². The summed E-state index contributed by atoms with van der Waals surface area (Å²) in [6.07, 6.45) is 1.49. The number of hydrogen-bond donors (Lipinski definition) is 2. The van der Waals surface area contributed by atoms with E-state index >= 15 is 0 Å². The number of alkyl halides is 2. The lowest BCUT2D eigenvalue weighted by Crippen LogP contribution is -2.45. The fraction of sp³-hybridized carbons (Fsp3) is 0.600. The summed E-state index contributed by atoms with van der Waals surface area (Å²) in [7, 11) is 0. The van der Waals surface area contributed by atoms with Gasteiger partial charge in [-0.2, -0.15) is 8.78 Å². The van der Waals surface area contributed by atoms with Crippen molar-refractivity contribution in [3.63, 3.8) is 0 Å². The van der Waals surface area contributed by atoms with Gasteiger partial charge in [0.1, 0.15) is 5.75 Å². The Balaban J connectivity index is 2.14. The third kappa shape index (κ3) is 4.91. The average molecular weight is 300 g/mol. The molecular weight excluding hydrogens is 278 g/mol. The van der Waals surface area contributed by atoms with Crippen molar-refractivity contribution in [1.82, 2.24) is 10.2 Å². The molecule has 0 bridgehead atoms. The number of rotatable bonds is 7. The third-order valence-electron chi connectivity index (χ3n) is 3.70. The molecule has 0 saturated carbocycles. The van der Waals surface area contributed by atoms with Crippen LogP contribution in [-0.4, -0.2) is 49.4 Å². The summed E-state index contributed by atoms with van der Waals surface area (Å²) in [6, 6.07) is 7.01. The summed E-state index contributed by atoms with van der Waals surface area (Å²) in [6.45, 7) is 0.989. The highest BCUT2D eigenvalue weighted by Gasteiger charge is 2.22. The number of aliphatic hydroxyl groups is 1. The zero-order valence-corrected chi connectivity index (χ0v) is 12.0. The van der Waals surface area contributed by atoms with Gasteiger partial charge in [0.15, 0.2) is 0 Å². The molecule has 4 nitrogen and oxygen atoms in total. The number of ether oxygens (including phenoxy) is 1. The number of aliphatic hydroxyl groups excluding tert-OH is 1. The number of benzene rings is 1. The molecule has 2 N–H and O–H groups in total. The Hall–Kier alpha value is -1.24. The molecule has 2 rings (SSSR count). The Kier molecular flexibility index (Phi) is 6.35. The number of nitrogens with zero attached hydrogens (tertiary/aromatic N) is 1. The van der Waals surface area contributed by atoms with E-state index in [1.807, 2.05) is 6.07 Å². The lowest BCUT2D eigenvalue weighted by molar-refractivity contribution is -0.0499. The van der Waals surface area contributed by atoms with Gasteiger partial charge in [0, 0.05) is 38.8 Å².